The van der Waals surface area contributed by atoms with Gasteiger partial charge in [0.05, 0.1) is 0 Å². The second-order valence-electron chi connectivity index (χ2n) is 4.21. The Morgan fingerprint density at radius 2 is 1.94 bits per heavy atom. The number of benzene rings is 1. The molecule has 0 saturated carbocycles. The van der Waals surface area contributed by atoms with Crippen LogP contribution in [0.4, 0.5) is 0 Å². The lowest BCUT2D eigenvalue weighted by molar-refractivity contribution is 0.454. The Kier molecular flexibility index (Phi) is 4.38. The van der Waals surface area contributed by atoms with Crippen LogP contribution in [0.15, 0.2) is 48.6 Å². The Balaban J connectivity index is 1.82. The van der Waals surface area contributed by atoms with Crippen LogP contribution in [0.5, 0.6) is 0 Å². The van der Waals surface area contributed by atoms with Gasteiger partial charge in [0.25, 0.3) is 0 Å². The van der Waals surface area contributed by atoms with E-state index in [0.717, 1.165) is 6.54 Å². The number of nitrogens with one attached hydrogen (secondary N) is 1. The molecule has 1 aliphatic heterocycles. The third-order valence-corrected chi connectivity index (χ3v) is 2.89. The van der Waals surface area contributed by atoms with E-state index in [4.69, 9.17) is 0 Å². The summed E-state index contributed by atoms with van der Waals surface area (Å²) >= 11 is 0. The van der Waals surface area contributed by atoms with Gasteiger partial charge in [-0.05, 0) is 24.9 Å². The molecule has 1 atom stereocenters. The van der Waals surface area contributed by atoms with Crippen molar-refractivity contribution in [1.82, 2.24) is 5.32 Å². The minimum absolute atomic E-state index is 0.578. The van der Waals surface area contributed by atoms with E-state index < -0.39 is 0 Å². The fraction of sp³-hybridized carbons (Fsp3) is 0.333. The van der Waals surface area contributed by atoms with Crippen LogP contribution in [0.3, 0.4) is 0 Å². The Morgan fingerprint density at radius 1 is 1.06 bits per heavy atom. The zero-order chi connectivity index (χ0) is 11.1. The molecule has 0 radical (unpaired) electrons. The highest BCUT2D eigenvalue weighted by atomic mass is 14.9. The lowest BCUT2D eigenvalue weighted by Gasteiger charge is -2.19. The van der Waals surface area contributed by atoms with Crippen LogP contribution in [0.25, 0.3) is 6.08 Å². The van der Waals surface area contributed by atoms with E-state index >= 15 is 0 Å². The van der Waals surface area contributed by atoms with Gasteiger partial charge in [0.2, 0.25) is 0 Å². The summed E-state index contributed by atoms with van der Waals surface area (Å²) in [6, 6.07) is 11.0. The summed E-state index contributed by atoms with van der Waals surface area (Å²) in [6.45, 7) is 1.16. The van der Waals surface area contributed by atoms with Gasteiger partial charge in [0.15, 0.2) is 0 Å². The lowest BCUT2D eigenvalue weighted by atomic mass is 10.0. The summed E-state index contributed by atoms with van der Waals surface area (Å²) in [5.74, 6) is 0. The topological polar surface area (TPSA) is 12.0 Å². The Labute approximate surface area is 97.9 Å². The van der Waals surface area contributed by atoms with Crippen LogP contribution in [0, 0.1) is 0 Å². The fourth-order valence-corrected chi connectivity index (χ4v) is 1.97. The maximum Gasteiger partial charge on any atom is 0.0253 e. The van der Waals surface area contributed by atoms with Crippen LogP contribution in [-0.2, 0) is 0 Å². The predicted octanol–water partition coefficient (Wildman–Crippen LogP) is 3.40. The molecule has 2 rings (SSSR count). The summed E-state index contributed by atoms with van der Waals surface area (Å²) < 4.78 is 0. The van der Waals surface area contributed by atoms with Gasteiger partial charge in [-0.3, -0.25) is 0 Å². The first-order chi connectivity index (χ1) is 7.95. The molecule has 0 bridgehead atoms. The van der Waals surface area contributed by atoms with Gasteiger partial charge in [-0.15, -0.1) is 0 Å². The number of hydrogen-bond donors (Lipinski definition) is 1. The summed E-state index contributed by atoms with van der Waals surface area (Å²) in [5, 5.41) is 3.50. The third kappa shape index (κ3) is 3.67. The SMILES string of the molecule is C(/C=C/C1CCCCN1)=C\c1ccccc1. The van der Waals surface area contributed by atoms with E-state index in [0.29, 0.717) is 6.04 Å². The Hall–Kier alpha value is -1.34. The van der Waals surface area contributed by atoms with Crippen molar-refractivity contribution in [3.05, 3.63) is 54.1 Å². The molecule has 16 heavy (non-hydrogen) atoms. The monoisotopic (exact) mass is 213 g/mol. The minimum Gasteiger partial charge on any atom is -0.311 e. The molecule has 1 aromatic carbocycles. The van der Waals surface area contributed by atoms with Crippen LogP contribution in [-0.4, -0.2) is 12.6 Å². The summed E-state index contributed by atoms with van der Waals surface area (Å²) in [6.07, 6.45) is 12.6. The van der Waals surface area contributed by atoms with Gasteiger partial charge < -0.3 is 5.32 Å². The van der Waals surface area contributed by atoms with Crippen molar-refractivity contribution in [3.63, 3.8) is 0 Å². The molecule has 1 fully saturated rings. The minimum atomic E-state index is 0.578. The molecule has 1 aromatic rings. The quantitative estimate of drug-likeness (QED) is 0.759. The summed E-state index contributed by atoms with van der Waals surface area (Å²) in [7, 11) is 0. The molecule has 1 nitrogen and oxygen atoms in total. The Morgan fingerprint density at radius 3 is 2.69 bits per heavy atom. The van der Waals surface area contributed by atoms with Gasteiger partial charge in [0, 0.05) is 6.04 Å². The van der Waals surface area contributed by atoms with Crippen molar-refractivity contribution < 1.29 is 0 Å². The highest BCUT2D eigenvalue weighted by Crippen LogP contribution is 2.08. The normalized spacial score (nSPS) is 21.9. The lowest BCUT2D eigenvalue weighted by Crippen LogP contribution is -2.31. The average Bonchev–Trinajstić information content (AvgIpc) is 2.37. The smallest absolute Gasteiger partial charge is 0.0253 e. The van der Waals surface area contributed by atoms with E-state index in [2.05, 4.69) is 53.9 Å². The van der Waals surface area contributed by atoms with Crippen molar-refractivity contribution in [2.75, 3.05) is 6.54 Å². The van der Waals surface area contributed by atoms with Crippen molar-refractivity contribution in [1.29, 1.82) is 0 Å². The van der Waals surface area contributed by atoms with Crippen LogP contribution < -0.4 is 5.32 Å². The molecule has 1 aliphatic rings. The summed E-state index contributed by atoms with van der Waals surface area (Å²) in [5.41, 5.74) is 1.25. The van der Waals surface area contributed by atoms with Crippen molar-refractivity contribution in [2.24, 2.45) is 0 Å². The van der Waals surface area contributed by atoms with Gasteiger partial charge >= 0.3 is 0 Å². The largest absolute Gasteiger partial charge is 0.311 e. The highest BCUT2D eigenvalue weighted by Gasteiger charge is 2.07. The van der Waals surface area contributed by atoms with E-state index in [1.54, 1.807) is 0 Å². The number of hydrogen-bond acceptors (Lipinski definition) is 1. The number of piperidine rings is 1. The molecule has 1 heteroatoms. The maximum absolute atomic E-state index is 3.50. The van der Waals surface area contributed by atoms with Gasteiger partial charge in [0.1, 0.15) is 0 Å². The van der Waals surface area contributed by atoms with E-state index in [9.17, 15) is 0 Å². The zero-order valence-electron chi connectivity index (χ0n) is 9.60. The van der Waals surface area contributed by atoms with Crippen LogP contribution in [0.1, 0.15) is 24.8 Å². The molecule has 0 spiro atoms. The standard InChI is InChI=1S/C15H19N/c1-2-8-14(9-3-1)10-4-5-11-15-12-6-7-13-16-15/h1-5,8-11,15-16H,6-7,12-13H2/b10-4+,11-5+. The predicted molar refractivity (Wildman–Crippen MR) is 70.3 cm³/mol. The molecule has 0 aliphatic carbocycles. The third-order valence-electron chi connectivity index (χ3n) is 2.89. The summed E-state index contributed by atoms with van der Waals surface area (Å²) in [4.78, 5) is 0. The molecule has 0 amide bonds. The maximum atomic E-state index is 3.50. The van der Waals surface area contributed by atoms with Crippen LogP contribution in [0.2, 0.25) is 0 Å². The fourth-order valence-electron chi connectivity index (χ4n) is 1.97. The Bertz CT molecular complexity index is 345. The molecule has 1 saturated heterocycles. The van der Waals surface area contributed by atoms with Crippen molar-refractivity contribution in [3.8, 4) is 0 Å². The highest BCUT2D eigenvalue weighted by molar-refractivity contribution is 5.50. The van der Waals surface area contributed by atoms with Gasteiger partial charge in [-0.2, -0.15) is 0 Å². The average molecular weight is 213 g/mol. The van der Waals surface area contributed by atoms with Crippen LogP contribution >= 0.6 is 0 Å². The molecule has 1 unspecified atom stereocenters. The van der Waals surface area contributed by atoms with E-state index in [1.165, 1.54) is 24.8 Å². The van der Waals surface area contributed by atoms with Crippen molar-refractivity contribution >= 4 is 6.08 Å². The van der Waals surface area contributed by atoms with Gasteiger partial charge in [-0.25, -0.2) is 0 Å². The molecule has 1 heterocycles. The first-order valence-corrected chi connectivity index (χ1v) is 6.08. The number of allylic oxidation sites excluding steroid dienone is 2. The molecular formula is C15H19N. The first-order valence-electron chi connectivity index (χ1n) is 6.08. The number of rotatable bonds is 3. The first kappa shape index (κ1) is 11.2. The molecule has 84 valence electrons. The second-order valence-corrected chi connectivity index (χ2v) is 4.21. The van der Waals surface area contributed by atoms with Gasteiger partial charge in [-0.1, -0.05) is 61.1 Å². The second kappa shape index (κ2) is 6.29. The zero-order valence-corrected chi connectivity index (χ0v) is 9.60. The molecule has 1 N–H and O–H groups in total. The van der Waals surface area contributed by atoms with E-state index in [1.807, 2.05) is 6.07 Å². The molecule has 0 aromatic heterocycles. The van der Waals surface area contributed by atoms with Crippen molar-refractivity contribution in [2.45, 2.75) is 25.3 Å². The van der Waals surface area contributed by atoms with E-state index in [-0.39, 0.29) is 0 Å². The molecular weight excluding hydrogens is 194 g/mol.